The molecule has 18 heavy (non-hydrogen) atoms. The average Bonchev–Trinajstić information content (AvgIpc) is 2.18. The van der Waals surface area contributed by atoms with Gasteiger partial charge in [-0.1, -0.05) is 0 Å². The van der Waals surface area contributed by atoms with Crippen molar-refractivity contribution in [3.05, 3.63) is 22.9 Å². The van der Waals surface area contributed by atoms with E-state index in [1.54, 1.807) is 0 Å². The van der Waals surface area contributed by atoms with E-state index in [-0.39, 0.29) is 23.4 Å². The first kappa shape index (κ1) is 14.2. The SMILES string of the molecule is Cc1cc(CN)c(CC(=O)O)c(OC(F)(F)F)n1. The summed E-state index contributed by atoms with van der Waals surface area (Å²) < 4.78 is 40.3. The van der Waals surface area contributed by atoms with Gasteiger partial charge in [-0.3, -0.25) is 4.79 Å². The van der Waals surface area contributed by atoms with Gasteiger partial charge in [0.2, 0.25) is 5.88 Å². The van der Waals surface area contributed by atoms with Gasteiger partial charge in [0.25, 0.3) is 0 Å². The van der Waals surface area contributed by atoms with Crippen LogP contribution in [0.5, 0.6) is 5.88 Å². The molecule has 0 aliphatic heterocycles. The predicted molar refractivity (Wildman–Crippen MR) is 54.9 cm³/mol. The first-order valence-electron chi connectivity index (χ1n) is 4.90. The molecule has 0 aliphatic rings. The zero-order valence-corrected chi connectivity index (χ0v) is 9.41. The fourth-order valence-corrected chi connectivity index (χ4v) is 1.45. The van der Waals surface area contributed by atoms with E-state index >= 15 is 0 Å². The zero-order valence-electron chi connectivity index (χ0n) is 9.41. The Morgan fingerprint density at radius 1 is 1.56 bits per heavy atom. The highest BCUT2D eigenvalue weighted by atomic mass is 19.4. The number of rotatable bonds is 4. The lowest BCUT2D eigenvalue weighted by Crippen LogP contribution is -2.21. The van der Waals surface area contributed by atoms with Crippen LogP contribution in [0.3, 0.4) is 0 Å². The van der Waals surface area contributed by atoms with Gasteiger partial charge in [0, 0.05) is 17.8 Å². The van der Waals surface area contributed by atoms with E-state index in [1.807, 2.05) is 0 Å². The maximum absolute atomic E-state index is 12.2. The molecule has 0 atom stereocenters. The lowest BCUT2D eigenvalue weighted by Gasteiger charge is -2.15. The number of carbonyl (C=O) groups is 1. The Balaban J connectivity index is 3.27. The first-order chi connectivity index (χ1) is 8.23. The van der Waals surface area contributed by atoms with Gasteiger partial charge >= 0.3 is 12.3 Å². The molecule has 1 aromatic rings. The van der Waals surface area contributed by atoms with Gasteiger partial charge in [0.15, 0.2) is 0 Å². The molecule has 0 spiro atoms. The second kappa shape index (κ2) is 5.21. The van der Waals surface area contributed by atoms with Crippen molar-refractivity contribution in [3.63, 3.8) is 0 Å². The minimum atomic E-state index is -4.93. The Morgan fingerprint density at radius 2 is 2.17 bits per heavy atom. The van der Waals surface area contributed by atoms with Gasteiger partial charge in [0.1, 0.15) is 0 Å². The number of aliphatic carboxylic acids is 1. The van der Waals surface area contributed by atoms with Crippen molar-refractivity contribution >= 4 is 5.97 Å². The summed E-state index contributed by atoms with van der Waals surface area (Å²) in [5.41, 5.74) is 5.75. The third-order valence-electron chi connectivity index (χ3n) is 2.07. The number of aryl methyl sites for hydroxylation is 1. The van der Waals surface area contributed by atoms with E-state index in [9.17, 15) is 18.0 Å². The number of carboxylic acid groups (broad SMARTS) is 1. The maximum atomic E-state index is 12.2. The minimum absolute atomic E-state index is 0.0970. The number of nitrogens with two attached hydrogens (primary N) is 1. The van der Waals surface area contributed by atoms with Crippen molar-refractivity contribution < 1.29 is 27.8 Å². The second-order valence-electron chi connectivity index (χ2n) is 3.53. The van der Waals surface area contributed by atoms with Crippen LogP contribution in [0, 0.1) is 6.92 Å². The molecule has 0 unspecified atom stereocenters. The van der Waals surface area contributed by atoms with E-state index in [0.29, 0.717) is 0 Å². The minimum Gasteiger partial charge on any atom is -0.481 e. The summed E-state index contributed by atoms with van der Waals surface area (Å²) in [6.45, 7) is 1.37. The molecule has 5 nitrogen and oxygen atoms in total. The Kier molecular flexibility index (Phi) is 4.12. The number of aromatic nitrogens is 1. The van der Waals surface area contributed by atoms with Gasteiger partial charge < -0.3 is 15.6 Å². The van der Waals surface area contributed by atoms with Gasteiger partial charge in [-0.15, -0.1) is 13.2 Å². The van der Waals surface area contributed by atoms with E-state index in [4.69, 9.17) is 10.8 Å². The van der Waals surface area contributed by atoms with Crippen molar-refractivity contribution in [1.29, 1.82) is 0 Å². The fraction of sp³-hybridized carbons (Fsp3) is 0.400. The summed E-state index contributed by atoms with van der Waals surface area (Å²) in [5, 5.41) is 8.67. The summed E-state index contributed by atoms with van der Waals surface area (Å²) in [4.78, 5) is 14.2. The van der Waals surface area contributed by atoms with Crippen molar-refractivity contribution in [2.75, 3.05) is 0 Å². The van der Waals surface area contributed by atoms with Gasteiger partial charge in [0.05, 0.1) is 6.42 Å². The fourth-order valence-electron chi connectivity index (χ4n) is 1.45. The van der Waals surface area contributed by atoms with Crippen molar-refractivity contribution in [3.8, 4) is 5.88 Å². The molecule has 100 valence electrons. The Labute approximate surface area is 100 Å². The number of ether oxygens (including phenoxy) is 1. The van der Waals surface area contributed by atoms with Crippen molar-refractivity contribution in [1.82, 2.24) is 4.98 Å². The van der Waals surface area contributed by atoms with Gasteiger partial charge in [-0.2, -0.15) is 0 Å². The lowest BCUT2D eigenvalue weighted by molar-refractivity contribution is -0.276. The van der Waals surface area contributed by atoms with Crippen LogP contribution >= 0.6 is 0 Å². The molecule has 0 amide bonds. The van der Waals surface area contributed by atoms with E-state index < -0.39 is 24.6 Å². The highest BCUT2D eigenvalue weighted by molar-refractivity contribution is 5.71. The van der Waals surface area contributed by atoms with Crippen LogP contribution < -0.4 is 10.5 Å². The molecule has 0 radical (unpaired) electrons. The molecule has 0 aromatic carbocycles. The molecule has 0 bridgehead atoms. The second-order valence-corrected chi connectivity index (χ2v) is 3.53. The van der Waals surface area contributed by atoms with Crippen LogP contribution in [-0.4, -0.2) is 22.4 Å². The van der Waals surface area contributed by atoms with E-state index in [0.717, 1.165) is 0 Å². The smallest absolute Gasteiger partial charge is 0.481 e. The number of carboxylic acids is 1. The maximum Gasteiger partial charge on any atom is 0.574 e. The van der Waals surface area contributed by atoms with E-state index in [2.05, 4.69) is 9.72 Å². The number of alkyl halides is 3. The summed E-state index contributed by atoms with van der Waals surface area (Å²) in [6.07, 6.45) is -5.56. The number of hydrogen-bond acceptors (Lipinski definition) is 4. The number of pyridine rings is 1. The van der Waals surface area contributed by atoms with Crippen LogP contribution in [0.1, 0.15) is 16.8 Å². The topological polar surface area (TPSA) is 85.4 Å². The summed E-state index contributed by atoms with van der Waals surface area (Å²) in [5.74, 6) is -2.05. The monoisotopic (exact) mass is 264 g/mol. The van der Waals surface area contributed by atoms with Crippen LogP contribution in [0.25, 0.3) is 0 Å². The third-order valence-corrected chi connectivity index (χ3v) is 2.07. The first-order valence-corrected chi connectivity index (χ1v) is 4.90. The van der Waals surface area contributed by atoms with E-state index in [1.165, 1.54) is 13.0 Å². The normalized spacial score (nSPS) is 11.4. The number of halogens is 3. The van der Waals surface area contributed by atoms with Gasteiger partial charge in [-0.05, 0) is 18.6 Å². The van der Waals surface area contributed by atoms with Gasteiger partial charge in [-0.25, -0.2) is 4.98 Å². The highest BCUT2D eigenvalue weighted by Gasteiger charge is 2.33. The lowest BCUT2D eigenvalue weighted by atomic mass is 10.1. The molecule has 0 saturated heterocycles. The molecule has 0 aliphatic carbocycles. The molecular formula is C10H11F3N2O3. The summed E-state index contributed by atoms with van der Waals surface area (Å²) >= 11 is 0. The standard InChI is InChI=1S/C10H11F3N2O3/c1-5-2-6(4-14)7(3-8(16)17)9(15-5)18-10(11,12)13/h2H,3-4,14H2,1H3,(H,16,17). The van der Waals surface area contributed by atoms with Crippen LogP contribution in [0.2, 0.25) is 0 Å². The molecule has 0 fully saturated rings. The largest absolute Gasteiger partial charge is 0.574 e. The Hall–Kier alpha value is -1.83. The van der Waals surface area contributed by atoms with Crippen molar-refractivity contribution in [2.45, 2.75) is 26.3 Å². The van der Waals surface area contributed by atoms with Crippen molar-refractivity contribution in [2.24, 2.45) is 5.73 Å². The molecule has 1 heterocycles. The Bertz CT molecular complexity index is 460. The average molecular weight is 264 g/mol. The molecule has 1 aromatic heterocycles. The quantitative estimate of drug-likeness (QED) is 0.857. The molecular weight excluding hydrogens is 253 g/mol. The number of hydrogen-bond donors (Lipinski definition) is 2. The third kappa shape index (κ3) is 3.88. The van der Waals surface area contributed by atoms with Crippen LogP contribution in [0.4, 0.5) is 13.2 Å². The molecule has 8 heteroatoms. The van der Waals surface area contributed by atoms with Crippen LogP contribution in [0.15, 0.2) is 6.07 Å². The summed E-state index contributed by atoms with van der Waals surface area (Å²) in [7, 11) is 0. The summed E-state index contributed by atoms with van der Waals surface area (Å²) in [6, 6.07) is 1.43. The zero-order chi connectivity index (χ0) is 13.9. The molecule has 1 rings (SSSR count). The molecule has 3 N–H and O–H groups in total. The Morgan fingerprint density at radius 3 is 2.61 bits per heavy atom. The predicted octanol–water partition coefficient (Wildman–Crippen LogP) is 1.37. The number of nitrogens with zero attached hydrogens (tertiary/aromatic N) is 1. The highest BCUT2D eigenvalue weighted by Crippen LogP contribution is 2.27. The van der Waals surface area contributed by atoms with Crippen LogP contribution in [-0.2, 0) is 17.8 Å². The molecule has 0 saturated carbocycles.